The molecule has 14 heteroatoms. The van der Waals surface area contributed by atoms with Crippen molar-refractivity contribution in [3.63, 3.8) is 0 Å². The molecule has 1 aromatic carbocycles. The second kappa shape index (κ2) is 12.6. The number of piperazine rings is 1. The van der Waals surface area contributed by atoms with Gasteiger partial charge < -0.3 is 10.3 Å². The highest BCUT2D eigenvalue weighted by Gasteiger charge is 2.26. The Morgan fingerprint density at radius 3 is 2.46 bits per heavy atom. The minimum absolute atomic E-state index is 0. The Morgan fingerprint density at radius 2 is 1.78 bits per heavy atom. The van der Waals surface area contributed by atoms with Crippen LogP contribution in [0.25, 0.3) is 22.3 Å². The van der Waals surface area contributed by atoms with Gasteiger partial charge in [-0.3, -0.25) is 14.6 Å². The highest BCUT2D eigenvalue weighted by atomic mass is 35.5. The number of aromatic nitrogens is 3. The lowest BCUT2D eigenvalue weighted by atomic mass is 10.0. The van der Waals surface area contributed by atoms with Crippen LogP contribution < -0.4 is 5.73 Å². The summed E-state index contributed by atoms with van der Waals surface area (Å²) in [5.41, 5.74) is 7.20. The first-order chi connectivity index (χ1) is 16.8. The van der Waals surface area contributed by atoms with Crippen molar-refractivity contribution in [2.24, 2.45) is 11.7 Å². The molecule has 4 heterocycles. The van der Waals surface area contributed by atoms with E-state index in [9.17, 15) is 13.2 Å². The average molecular weight is 610 g/mol. The van der Waals surface area contributed by atoms with E-state index in [0.717, 1.165) is 60.7 Å². The number of halogens is 3. The molecule has 0 bridgehead atoms. The summed E-state index contributed by atoms with van der Waals surface area (Å²) in [5.74, 6) is 1.20. The number of amides is 1. The summed E-state index contributed by atoms with van der Waals surface area (Å²) in [6, 6.07) is 5.86. The number of hydrogen-bond acceptors (Lipinski definition) is 8. The van der Waals surface area contributed by atoms with Crippen molar-refractivity contribution in [2.45, 2.75) is 25.9 Å². The number of fused-ring (bicyclic) bond motifs is 1. The van der Waals surface area contributed by atoms with Crippen LogP contribution in [-0.4, -0.2) is 82.3 Å². The molecular formula is C23H31Cl3N6O3S2. The lowest BCUT2D eigenvalue weighted by Gasteiger charge is -2.33. The number of rotatable bonds is 7. The first-order valence-electron chi connectivity index (χ1n) is 11.8. The topological polar surface area (TPSA) is 114 Å². The number of nitrogens with two attached hydrogens (primary N) is 1. The van der Waals surface area contributed by atoms with Crippen LogP contribution in [0.5, 0.6) is 0 Å². The molecule has 1 amide bonds. The summed E-state index contributed by atoms with van der Waals surface area (Å²) in [5, 5.41) is 2.62. The van der Waals surface area contributed by atoms with E-state index in [-0.39, 0.29) is 42.2 Å². The summed E-state index contributed by atoms with van der Waals surface area (Å²) < 4.78 is 30.5. The third-order valence-corrected chi connectivity index (χ3v) is 9.61. The van der Waals surface area contributed by atoms with Gasteiger partial charge in [0.2, 0.25) is 5.91 Å². The summed E-state index contributed by atoms with van der Waals surface area (Å²) in [6.07, 6.45) is 3.41. The Labute approximate surface area is 238 Å². The minimum Gasteiger partial charge on any atom is -0.369 e. The molecule has 2 saturated heterocycles. The summed E-state index contributed by atoms with van der Waals surface area (Å²) in [7, 11) is -2.90. The van der Waals surface area contributed by atoms with Gasteiger partial charge in [-0.1, -0.05) is 23.7 Å². The quantitative estimate of drug-likeness (QED) is 0.438. The third-order valence-electron chi connectivity index (χ3n) is 6.89. The molecule has 0 radical (unpaired) electrons. The summed E-state index contributed by atoms with van der Waals surface area (Å²) in [6.45, 7) is 5.08. The van der Waals surface area contributed by atoms with E-state index in [2.05, 4.69) is 24.9 Å². The maximum atomic E-state index is 11.8. The lowest BCUT2D eigenvalue weighted by molar-refractivity contribution is -0.119. The fourth-order valence-electron chi connectivity index (χ4n) is 4.98. The smallest absolute Gasteiger partial charge is 0.231 e. The van der Waals surface area contributed by atoms with Crippen LogP contribution in [0.2, 0.25) is 5.02 Å². The Balaban J connectivity index is 0.00000190. The van der Waals surface area contributed by atoms with Gasteiger partial charge in [-0.15, -0.1) is 24.8 Å². The Kier molecular flexibility index (Phi) is 10.2. The average Bonchev–Trinajstić information content (AvgIpc) is 3.41. The Morgan fingerprint density at radius 1 is 1.11 bits per heavy atom. The van der Waals surface area contributed by atoms with Gasteiger partial charge in [-0.25, -0.2) is 13.4 Å². The predicted octanol–water partition coefficient (Wildman–Crippen LogP) is 3.08. The highest BCUT2D eigenvalue weighted by Crippen LogP contribution is 2.35. The molecule has 0 spiro atoms. The molecule has 2 aliphatic heterocycles. The van der Waals surface area contributed by atoms with Crippen LogP contribution >= 0.6 is 47.9 Å². The molecule has 2 fully saturated rings. The van der Waals surface area contributed by atoms with Crippen LogP contribution in [0.1, 0.15) is 17.8 Å². The fraction of sp³-hybridized carbons (Fsp3) is 0.522. The molecule has 0 unspecified atom stereocenters. The van der Waals surface area contributed by atoms with E-state index in [1.165, 1.54) is 11.5 Å². The zero-order valence-electron chi connectivity index (χ0n) is 20.2. The van der Waals surface area contributed by atoms with Crippen molar-refractivity contribution in [1.29, 1.82) is 0 Å². The van der Waals surface area contributed by atoms with E-state index >= 15 is 0 Å². The van der Waals surface area contributed by atoms with Gasteiger partial charge in [0, 0.05) is 49.9 Å². The lowest BCUT2D eigenvalue weighted by Crippen LogP contribution is -2.48. The second-order valence-electron chi connectivity index (χ2n) is 9.46. The molecule has 37 heavy (non-hydrogen) atoms. The number of primary amides is 1. The van der Waals surface area contributed by atoms with Gasteiger partial charge in [-0.2, -0.15) is 4.37 Å². The van der Waals surface area contributed by atoms with E-state index in [0.29, 0.717) is 36.2 Å². The van der Waals surface area contributed by atoms with Crippen LogP contribution in [0.15, 0.2) is 24.4 Å². The molecule has 9 nitrogen and oxygen atoms in total. The van der Waals surface area contributed by atoms with Crippen LogP contribution in [-0.2, 0) is 27.7 Å². The molecule has 0 atom stereocenters. The van der Waals surface area contributed by atoms with Gasteiger partial charge in [-0.05, 0) is 36.4 Å². The third kappa shape index (κ3) is 7.14. The van der Waals surface area contributed by atoms with Crippen molar-refractivity contribution < 1.29 is 13.2 Å². The Hall–Kier alpha value is -1.47. The summed E-state index contributed by atoms with van der Waals surface area (Å²) in [4.78, 5) is 20.4. The van der Waals surface area contributed by atoms with Crippen molar-refractivity contribution in [3.05, 3.63) is 34.4 Å². The predicted molar refractivity (Wildman–Crippen MR) is 153 cm³/mol. The van der Waals surface area contributed by atoms with Crippen molar-refractivity contribution >= 4 is 74.6 Å². The molecule has 2 aliphatic rings. The standard InChI is InChI=1S/C23H29ClN6O3S2.2ClH/c24-19-3-1-2-17-18(13-30(22(17)19)12-16-4-10-35(32,33)11-5-16)23-26-21(34-27-23)15-29-8-6-28(7-9-29)14-20(25)31;;/h1-3,13,16H,4-12,14-15H2,(H2,25,31);2*1H. The van der Waals surface area contributed by atoms with Gasteiger partial charge in [0.05, 0.1) is 35.1 Å². The van der Waals surface area contributed by atoms with Gasteiger partial charge in [0.1, 0.15) is 14.8 Å². The number of carbonyl (C=O) groups is 1. The van der Waals surface area contributed by atoms with Gasteiger partial charge in [0.15, 0.2) is 5.82 Å². The first kappa shape index (κ1) is 30.1. The fourth-order valence-corrected chi connectivity index (χ4v) is 7.55. The van der Waals surface area contributed by atoms with E-state index in [1.807, 2.05) is 18.2 Å². The first-order valence-corrected chi connectivity index (χ1v) is 14.8. The molecule has 204 valence electrons. The number of carbonyl (C=O) groups excluding carboxylic acids is 1. The molecular weight excluding hydrogens is 579 g/mol. The van der Waals surface area contributed by atoms with Crippen LogP contribution in [0.3, 0.4) is 0 Å². The normalized spacial score (nSPS) is 18.8. The Bertz CT molecular complexity index is 1320. The maximum Gasteiger partial charge on any atom is 0.231 e. The number of benzene rings is 1. The van der Waals surface area contributed by atoms with Gasteiger partial charge >= 0.3 is 0 Å². The zero-order valence-corrected chi connectivity index (χ0v) is 24.2. The molecule has 3 aromatic rings. The monoisotopic (exact) mass is 608 g/mol. The second-order valence-corrected chi connectivity index (χ2v) is 13.0. The number of nitrogens with zero attached hydrogens (tertiary/aromatic N) is 5. The SMILES string of the molecule is Cl.Cl.NC(=O)CN1CCN(Cc2nc(-c3cn(CC4CCS(=O)(=O)CC4)c4c(Cl)cccc34)ns2)CC1. The van der Waals surface area contributed by atoms with E-state index in [1.54, 1.807) is 0 Å². The number of sulfone groups is 1. The zero-order chi connectivity index (χ0) is 24.6. The molecule has 5 rings (SSSR count). The molecule has 2 N–H and O–H groups in total. The largest absolute Gasteiger partial charge is 0.369 e. The van der Waals surface area contributed by atoms with Crippen LogP contribution in [0.4, 0.5) is 0 Å². The van der Waals surface area contributed by atoms with Crippen LogP contribution in [0, 0.1) is 5.92 Å². The van der Waals surface area contributed by atoms with Crippen molar-refractivity contribution in [2.75, 3.05) is 44.2 Å². The maximum absolute atomic E-state index is 11.8. The van der Waals surface area contributed by atoms with Crippen molar-refractivity contribution in [1.82, 2.24) is 23.7 Å². The number of hydrogen-bond donors (Lipinski definition) is 1. The van der Waals surface area contributed by atoms with Crippen molar-refractivity contribution in [3.8, 4) is 11.4 Å². The minimum atomic E-state index is -2.90. The summed E-state index contributed by atoms with van der Waals surface area (Å²) >= 11 is 8.02. The molecule has 0 saturated carbocycles. The number of para-hydroxylation sites is 1. The molecule has 0 aliphatic carbocycles. The van der Waals surface area contributed by atoms with E-state index < -0.39 is 9.84 Å². The van der Waals surface area contributed by atoms with E-state index in [4.69, 9.17) is 22.3 Å². The van der Waals surface area contributed by atoms with Gasteiger partial charge in [0.25, 0.3) is 0 Å². The molecule has 2 aromatic heterocycles. The highest BCUT2D eigenvalue weighted by molar-refractivity contribution is 7.91.